The summed E-state index contributed by atoms with van der Waals surface area (Å²) in [7, 11) is 1.84. The number of aromatic nitrogens is 2. The van der Waals surface area contributed by atoms with Crippen LogP contribution in [0.5, 0.6) is 0 Å². The number of hydrogen-bond donors (Lipinski definition) is 1. The molecule has 0 amide bonds. The maximum Gasteiger partial charge on any atom is 0.165 e. The Morgan fingerprint density at radius 3 is 3.08 bits per heavy atom. The van der Waals surface area contributed by atoms with Crippen molar-refractivity contribution >= 4 is 16.7 Å². The lowest BCUT2D eigenvalue weighted by Crippen LogP contribution is -1.94. The number of nitrogens with two attached hydrogens (primary N) is 1. The Labute approximate surface area is 68.6 Å². The van der Waals surface area contributed by atoms with Crippen molar-refractivity contribution < 1.29 is 4.39 Å². The van der Waals surface area contributed by atoms with Crippen LogP contribution in [0.2, 0.25) is 0 Å². The number of fused-ring (bicyclic) bond motifs is 1. The first-order valence-electron chi connectivity index (χ1n) is 3.55. The summed E-state index contributed by atoms with van der Waals surface area (Å²) in [5, 5.41) is 0.664. The Balaban J connectivity index is 2.93. The summed E-state index contributed by atoms with van der Waals surface area (Å²) < 4.78 is 14.7. The molecule has 0 fully saturated rings. The Kier molecular flexibility index (Phi) is 1.30. The molecule has 2 rings (SSSR count). The van der Waals surface area contributed by atoms with Gasteiger partial charge in [-0.15, -0.1) is 0 Å². The SMILES string of the molecule is Cn1ccc2c(N)c(F)cnc21. The average molecular weight is 165 g/mol. The van der Waals surface area contributed by atoms with E-state index >= 15 is 0 Å². The molecule has 0 spiro atoms. The predicted octanol–water partition coefficient (Wildman–Crippen LogP) is 1.29. The average Bonchev–Trinajstić information content (AvgIpc) is 2.41. The molecule has 2 N–H and O–H groups in total. The lowest BCUT2D eigenvalue weighted by Gasteiger charge is -1.98. The molecule has 0 atom stereocenters. The summed E-state index contributed by atoms with van der Waals surface area (Å²) in [6.07, 6.45) is 2.94. The van der Waals surface area contributed by atoms with Gasteiger partial charge in [-0.25, -0.2) is 9.37 Å². The molecule has 0 aliphatic carbocycles. The zero-order valence-electron chi connectivity index (χ0n) is 6.58. The third-order valence-corrected chi connectivity index (χ3v) is 1.89. The second kappa shape index (κ2) is 2.20. The summed E-state index contributed by atoms with van der Waals surface area (Å²) >= 11 is 0. The van der Waals surface area contributed by atoms with E-state index in [1.807, 2.05) is 7.05 Å². The molecule has 0 aliphatic rings. The Morgan fingerprint density at radius 2 is 2.33 bits per heavy atom. The number of pyridine rings is 1. The Morgan fingerprint density at radius 1 is 1.58 bits per heavy atom. The maximum absolute atomic E-state index is 12.9. The van der Waals surface area contributed by atoms with Crippen molar-refractivity contribution in [3.8, 4) is 0 Å². The summed E-state index contributed by atoms with van der Waals surface area (Å²) in [5.41, 5.74) is 6.37. The first kappa shape index (κ1) is 7.09. The molecule has 0 saturated heterocycles. The zero-order chi connectivity index (χ0) is 8.72. The van der Waals surface area contributed by atoms with Crippen LogP contribution >= 0.6 is 0 Å². The van der Waals surface area contributed by atoms with Gasteiger partial charge in [0.15, 0.2) is 5.82 Å². The van der Waals surface area contributed by atoms with Gasteiger partial charge in [0.25, 0.3) is 0 Å². The van der Waals surface area contributed by atoms with Gasteiger partial charge in [-0.05, 0) is 6.07 Å². The van der Waals surface area contributed by atoms with E-state index in [1.165, 1.54) is 0 Å². The number of hydrogen-bond acceptors (Lipinski definition) is 2. The number of anilines is 1. The normalized spacial score (nSPS) is 10.8. The van der Waals surface area contributed by atoms with Crippen molar-refractivity contribution in [2.45, 2.75) is 0 Å². The molecule has 2 aromatic rings. The number of nitrogens with zero attached hydrogens (tertiary/aromatic N) is 2. The number of aryl methyl sites for hydroxylation is 1. The minimum Gasteiger partial charge on any atom is -0.396 e. The molecular weight excluding hydrogens is 157 g/mol. The van der Waals surface area contributed by atoms with Gasteiger partial charge in [-0.2, -0.15) is 0 Å². The van der Waals surface area contributed by atoms with Gasteiger partial charge in [-0.3, -0.25) is 0 Å². The summed E-state index contributed by atoms with van der Waals surface area (Å²) in [6.45, 7) is 0. The molecule has 62 valence electrons. The number of nitrogen functional groups attached to an aromatic ring is 1. The monoisotopic (exact) mass is 165 g/mol. The fraction of sp³-hybridized carbons (Fsp3) is 0.125. The van der Waals surface area contributed by atoms with Crippen LogP contribution in [0.3, 0.4) is 0 Å². The highest BCUT2D eigenvalue weighted by Crippen LogP contribution is 2.21. The molecule has 3 nitrogen and oxygen atoms in total. The van der Waals surface area contributed by atoms with Crippen molar-refractivity contribution in [1.82, 2.24) is 9.55 Å². The minimum absolute atomic E-state index is 0.167. The minimum atomic E-state index is -0.464. The van der Waals surface area contributed by atoms with Gasteiger partial charge in [0.2, 0.25) is 0 Å². The molecule has 0 saturated carbocycles. The molecule has 0 unspecified atom stereocenters. The van der Waals surface area contributed by atoms with Crippen LogP contribution in [0.4, 0.5) is 10.1 Å². The highest BCUT2D eigenvalue weighted by molar-refractivity contribution is 5.88. The topological polar surface area (TPSA) is 43.8 Å². The Bertz CT molecular complexity index is 433. The fourth-order valence-corrected chi connectivity index (χ4v) is 1.21. The molecule has 0 aliphatic heterocycles. The van der Waals surface area contributed by atoms with E-state index < -0.39 is 5.82 Å². The number of rotatable bonds is 0. The molecule has 2 aromatic heterocycles. The van der Waals surface area contributed by atoms with E-state index in [0.29, 0.717) is 11.0 Å². The quantitative estimate of drug-likeness (QED) is 0.639. The number of halogens is 1. The largest absolute Gasteiger partial charge is 0.396 e. The van der Waals surface area contributed by atoms with Crippen LogP contribution in [0.25, 0.3) is 11.0 Å². The standard InChI is InChI=1S/C8H8FN3/c1-12-3-2-5-7(10)6(9)4-11-8(5)12/h2-4H,1H3,(H2,10,11). The summed E-state index contributed by atoms with van der Waals surface area (Å²) in [5.74, 6) is -0.464. The lowest BCUT2D eigenvalue weighted by atomic mass is 10.3. The van der Waals surface area contributed by atoms with E-state index in [2.05, 4.69) is 4.98 Å². The van der Waals surface area contributed by atoms with Crippen LogP contribution in [-0.2, 0) is 7.05 Å². The van der Waals surface area contributed by atoms with Crippen molar-refractivity contribution in [3.63, 3.8) is 0 Å². The van der Waals surface area contributed by atoms with Crippen molar-refractivity contribution in [2.24, 2.45) is 7.05 Å². The van der Waals surface area contributed by atoms with E-state index in [-0.39, 0.29) is 5.69 Å². The molecule has 0 radical (unpaired) electrons. The first-order valence-corrected chi connectivity index (χ1v) is 3.55. The molecule has 0 aromatic carbocycles. The van der Waals surface area contributed by atoms with Gasteiger partial charge in [0.05, 0.1) is 11.9 Å². The van der Waals surface area contributed by atoms with E-state index in [9.17, 15) is 4.39 Å². The van der Waals surface area contributed by atoms with Gasteiger partial charge in [0.1, 0.15) is 5.65 Å². The summed E-state index contributed by atoms with van der Waals surface area (Å²) in [4.78, 5) is 3.91. The van der Waals surface area contributed by atoms with Gasteiger partial charge in [-0.1, -0.05) is 0 Å². The lowest BCUT2D eigenvalue weighted by molar-refractivity contribution is 0.628. The van der Waals surface area contributed by atoms with Crippen LogP contribution in [0.1, 0.15) is 0 Å². The highest BCUT2D eigenvalue weighted by Gasteiger charge is 2.06. The Hall–Kier alpha value is -1.58. The molecule has 2 heterocycles. The third-order valence-electron chi connectivity index (χ3n) is 1.89. The predicted molar refractivity (Wildman–Crippen MR) is 45.1 cm³/mol. The second-order valence-corrected chi connectivity index (χ2v) is 2.68. The van der Waals surface area contributed by atoms with Crippen molar-refractivity contribution in [3.05, 3.63) is 24.3 Å². The van der Waals surface area contributed by atoms with E-state index in [0.717, 1.165) is 6.20 Å². The van der Waals surface area contributed by atoms with Crippen LogP contribution < -0.4 is 5.73 Å². The maximum atomic E-state index is 12.9. The third kappa shape index (κ3) is 0.777. The zero-order valence-corrected chi connectivity index (χ0v) is 6.58. The van der Waals surface area contributed by atoms with Crippen LogP contribution in [0, 0.1) is 5.82 Å². The highest BCUT2D eigenvalue weighted by atomic mass is 19.1. The van der Waals surface area contributed by atoms with Crippen molar-refractivity contribution in [2.75, 3.05) is 5.73 Å². The van der Waals surface area contributed by atoms with Gasteiger partial charge < -0.3 is 10.3 Å². The molecule has 12 heavy (non-hydrogen) atoms. The summed E-state index contributed by atoms with van der Waals surface area (Å²) in [6, 6.07) is 1.75. The van der Waals surface area contributed by atoms with E-state index in [4.69, 9.17) is 5.73 Å². The first-order chi connectivity index (χ1) is 5.70. The molecule has 0 bridgehead atoms. The van der Waals surface area contributed by atoms with Crippen LogP contribution in [-0.4, -0.2) is 9.55 Å². The van der Waals surface area contributed by atoms with Gasteiger partial charge in [0, 0.05) is 18.6 Å². The molecule has 4 heteroatoms. The fourth-order valence-electron chi connectivity index (χ4n) is 1.21. The van der Waals surface area contributed by atoms with E-state index in [1.54, 1.807) is 16.8 Å². The molecular formula is C8H8FN3. The second-order valence-electron chi connectivity index (χ2n) is 2.68. The van der Waals surface area contributed by atoms with Gasteiger partial charge >= 0.3 is 0 Å². The van der Waals surface area contributed by atoms with Crippen LogP contribution in [0.15, 0.2) is 18.5 Å². The van der Waals surface area contributed by atoms with Crippen molar-refractivity contribution in [1.29, 1.82) is 0 Å². The smallest absolute Gasteiger partial charge is 0.165 e.